The van der Waals surface area contributed by atoms with E-state index in [1.54, 1.807) is 6.07 Å². The second-order valence-electron chi connectivity index (χ2n) is 4.40. The quantitative estimate of drug-likeness (QED) is 0.838. The third-order valence-corrected chi connectivity index (χ3v) is 3.02. The minimum Gasteiger partial charge on any atom is -0.508 e. The molecule has 2 heteroatoms. The molecule has 2 aromatic carbocycles. The summed E-state index contributed by atoms with van der Waals surface area (Å²) >= 11 is 0. The van der Waals surface area contributed by atoms with Crippen LogP contribution < -0.4 is 5.32 Å². The fraction of sp³-hybridized carbons (Fsp3) is 0.250. The van der Waals surface area contributed by atoms with Crippen LogP contribution in [0.2, 0.25) is 0 Å². The Morgan fingerprint density at radius 3 is 2.44 bits per heavy atom. The van der Waals surface area contributed by atoms with Gasteiger partial charge in [-0.3, -0.25) is 0 Å². The van der Waals surface area contributed by atoms with Crippen LogP contribution in [0.15, 0.2) is 48.5 Å². The van der Waals surface area contributed by atoms with Crippen molar-refractivity contribution in [1.29, 1.82) is 0 Å². The maximum atomic E-state index is 9.37. The fourth-order valence-electron chi connectivity index (χ4n) is 1.92. The van der Waals surface area contributed by atoms with Crippen LogP contribution in [-0.2, 0) is 12.8 Å². The van der Waals surface area contributed by atoms with Crippen LogP contribution in [-0.4, -0.2) is 11.7 Å². The average Bonchev–Trinajstić information content (AvgIpc) is 2.40. The largest absolute Gasteiger partial charge is 0.508 e. The number of hydrogen-bond acceptors (Lipinski definition) is 2. The predicted octanol–water partition coefficient (Wildman–Crippen LogP) is 3.61. The average molecular weight is 241 g/mol. The molecule has 0 bridgehead atoms. The molecule has 2 N–H and O–H groups in total. The highest BCUT2D eigenvalue weighted by molar-refractivity contribution is 5.44. The molecule has 2 aromatic rings. The second kappa shape index (κ2) is 6.10. The number of benzene rings is 2. The van der Waals surface area contributed by atoms with Crippen molar-refractivity contribution in [2.75, 3.05) is 11.9 Å². The van der Waals surface area contributed by atoms with Crippen molar-refractivity contribution in [2.24, 2.45) is 0 Å². The number of aromatic hydroxyl groups is 1. The monoisotopic (exact) mass is 241 g/mol. The molecule has 0 saturated heterocycles. The molecule has 0 aliphatic carbocycles. The minimum atomic E-state index is 0.333. The molecule has 94 valence electrons. The molecule has 0 aromatic heterocycles. The van der Waals surface area contributed by atoms with E-state index in [2.05, 4.69) is 36.5 Å². The first kappa shape index (κ1) is 12.5. The summed E-state index contributed by atoms with van der Waals surface area (Å²) in [5.74, 6) is 0.333. The molecule has 18 heavy (non-hydrogen) atoms. The SMILES string of the molecule is CCc1ccc(NCCc2cccc(O)c2)cc1. The highest BCUT2D eigenvalue weighted by atomic mass is 16.3. The smallest absolute Gasteiger partial charge is 0.115 e. The standard InChI is InChI=1S/C16H19NO/c1-2-13-6-8-15(9-7-13)17-11-10-14-4-3-5-16(18)12-14/h3-9,12,17-18H,2,10-11H2,1H3. The van der Waals surface area contributed by atoms with Crippen LogP contribution in [0.3, 0.4) is 0 Å². The van der Waals surface area contributed by atoms with Crippen molar-refractivity contribution in [2.45, 2.75) is 19.8 Å². The molecular formula is C16H19NO. The number of rotatable bonds is 5. The van der Waals surface area contributed by atoms with Gasteiger partial charge in [0.1, 0.15) is 5.75 Å². The molecule has 0 heterocycles. The normalized spacial score (nSPS) is 10.3. The minimum absolute atomic E-state index is 0.333. The summed E-state index contributed by atoms with van der Waals surface area (Å²) < 4.78 is 0. The zero-order valence-corrected chi connectivity index (χ0v) is 10.7. The third kappa shape index (κ3) is 3.52. The zero-order chi connectivity index (χ0) is 12.8. The first-order valence-electron chi connectivity index (χ1n) is 6.38. The number of hydrogen-bond donors (Lipinski definition) is 2. The van der Waals surface area contributed by atoms with E-state index >= 15 is 0 Å². The Kier molecular flexibility index (Phi) is 4.24. The Bertz CT molecular complexity index is 491. The van der Waals surface area contributed by atoms with E-state index < -0.39 is 0 Å². The number of phenols is 1. The Morgan fingerprint density at radius 1 is 1.00 bits per heavy atom. The van der Waals surface area contributed by atoms with Gasteiger partial charge < -0.3 is 10.4 Å². The highest BCUT2D eigenvalue weighted by Crippen LogP contribution is 2.13. The Balaban J connectivity index is 1.84. The lowest BCUT2D eigenvalue weighted by Crippen LogP contribution is -2.04. The first-order valence-corrected chi connectivity index (χ1v) is 6.38. The van der Waals surface area contributed by atoms with Crippen molar-refractivity contribution in [3.8, 4) is 5.75 Å². The number of phenolic OH excluding ortho intramolecular Hbond substituents is 1. The third-order valence-electron chi connectivity index (χ3n) is 3.02. The number of anilines is 1. The van der Waals surface area contributed by atoms with E-state index in [-0.39, 0.29) is 0 Å². The highest BCUT2D eigenvalue weighted by Gasteiger charge is 1.96. The summed E-state index contributed by atoms with van der Waals surface area (Å²) in [4.78, 5) is 0. The lowest BCUT2D eigenvalue weighted by molar-refractivity contribution is 0.474. The summed E-state index contributed by atoms with van der Waals surface area (Å²) in [6.07, 6.45) is 1.98. The van der Waals surface area contributed by atoms with Gasteiger partial charge in [-0.25, -0.2) is 0 Å². The predicted molar refractivity (Wildman–Crippen MR) is 76.1 cm³/mol. The lowest BCUT2D eigenvalue weighted by atomic mass is 10.1. The van der Waals surface area contributed by atoms with Crippen LogP contribution in [0, 0.1) is 0 Å². The van der Waals surface area contributed by atoms with Crippen molar-refractivity contribution >= 4 is 5.69 Å². The molecule has 0 unspecified atom stereocenters. The zero-order valence-electron chi connectivity index (χ0n) is 10.7. The van der Waals surface area contributed by atoms with Gasteiger partial charge in [0.15, 0.2) is 0 Å². The molecule has 2 rings (SSSR count). The van der Waals surface area contributed by atoms with Gasteiger partial charge in [0.25, 0.3) is 0 Å². The van der Waals surface area contributed by atoms with Crippen LogP contribution >= 0.6 is 0 Å². The summed E-state index contributed by atoms with van der Waals surface area (Å²) in [5.41, 5.74) is 3.65. The molecule has 0 saturated carbocycles. The Morgan fingerprint density at radius 2 is 1.78 bits per heavy atom. The maximum Gasteiger partial charge on any atom is 0.115 e. The van der Waals surface area contributed by atoms with E-state index in [0.717, 1.165) is 30.6 Å². The topological polar surface area (TPSA) is 32.3 Å². The van der Waals surface area contributed by atoms with Gasteiger partial charge in [-0.1, -0.05) is 31.2 Å². The number of aryl methyl sites for hydroxylation is 1. The maximum absolute atomic E-state index is 9.37. The van der Waals surface area contributed by atoms with Gasteiger partial charge >= 0.3 is 0 Å². The molecule has 2 nitrogen and oxygen atoms in total. The Labute approximate surface area is 108 Å². The van der Waals surface area contributed by atoms with Crippen LogP contribution in [0.1, 0.15) is 18.1 Å². The van der Waals surface area contributed by atoms with E-state index in [4.69, 9.17) is 0 Å². The van der Waals surface area contributed by atoms with E-state index in [9.17, 15) is 5.11 Å². The van der Waals surface area contributed by atoms with Gasteiger partial charge in [0, 0.05) is 12.2 Å². The van der Waals surface area contributed by atoms with Gasteiger partial charge in [0.05, 0.1) is 0 Å². The summed E-state index contributed by atoms with van der Waals surface area (Å²) in [5, 5.41) is 12.7. The molecular weight excluding hydrogens is 222 g/mol. The molecule has 0 aliphatic rings. The fourth-order valence-corrected chi connectivity index (χ4v) is 1.92. The molecule has 0 aliphatic heterocycles. The van der Waals surface area contributed by atoms with Gasteiger partial charge in [-0.15, -0.1) is 0 Å². The summed E-state index contributed by atoms with van der Waals surface area (Å²) in [6.45, 7) is 3.03. The molecule has 0 atom stereocenters. The molecule has 0 spiro atoms. The van der Waals surface area contributed by atoms with E-state index in [1.165, 1.54) is 5.56 Å². The first-order chi connectivity index (χ1) is 8.78. The Hall–Kier alpha value is -1.96. The van der Waals surface area contributed by atoms with Crippen LogP contribution in [0.25, 0.3) is 0 Å². The van der Waals surface area contributed by atoms with Crippen LogP contribution in [0.4, 0.5) is 5.69 Å². The van der Waals surface area contributed by atoms with Crippen molar-refractivity contribution < 1.29 is 5.11 Å². The molecule has 0 amide bonds. The van der Waals surface area contributed by atoms with Crippen molar-refractivity contribution in [3.63, 3.8) is 0 Å². The van der Waals surface area contributed by atoms with Crippen LogP contribution in [0.5, 0.6) is 5.75 Å². The second-order valence-corrected chi connectivity index (χ2v) is 4.40. The van der Waals surface area contributed by atoms with Crippen molar-refractivity contribution in [3.05, 3.63) is 59.7 Å². The molecule has 0 radical (unpaired) electrons. The number of nitrogens with one attached hydrogen (secondary N) is 1. The van der Waals surface area contributed by atoms with Gasteiger partial charge in [-0.05, 0) is 48.2 Å². The van der Waals surface area contributed by atoms with Crippen molar-refractivity contribution in [1.82, 2.24) is 0 Å². The van der Waals surface area contributed by atoms with Gasteiger partial charge in [-0.2, -0.15) is 0 Å². The lowest BCUT2D eigenvalue weighted by Gasteiger charge is -2.07. The van der Waals surface area contributed by atoms with E-state index in [0.29, 0.717) is 5.75 Å². The van der Waals surface area contributed by atoms with E-state index in [1.807, 2.05) is 18.2 Å². The molecule has 0 fully saturated rings. The summed E-state index contributed by atoms with van der Waals surface area (Å²) in [6, 6.07) is 15.9. The van der Waals surface area contributed by atoms with Gasteiger partial charge in [0.2, 0.25) is 0 Å². The summed E-state index contributed by atoms with van der Waals surface area (Å²) in [7, 11) is 0.